The summed E-state index contributed by atoms with van der Waals surface area (Å²) in [4.78, 5) is 0. The quantitative estimate of drug-likeness (QED) is 0.191. The van der Waals surface area contributed by atoms with E-state index in [-0.39, 0.29) is 5.41 Å². The minimum absolute atomic E-state index is 0.117. The molecule has 0 spiro atoms. The third-order valence-electron chi connectivity index (χ3n) is 11.1. The molecule has 230 valence electrons. The van der Waals surface area contributed by atoms with E-state index < -0.39 is 0 Å². The third kappa shape index (κ3) is 3.66. The third-order valence-corrected chi connectivity index (χ3v) is 11.1. The van der Waals surface area contributed by atoms with Crippen LogP contribution in [-0.2, 0) is 5.41 Å². The molecule has 2 heterocycles. The molecule has 0 aliphatic heterocycles. The molecule has 10 aromatic rings. The fourth-order valence-corrected chi connectivity index (χ4v) is 8.67. The Balaban J connectivity index is 1.12. The SMILES string of the molecule is CC1(C)c2ccc(-c3cccc4oc5cc6ccccc6cc5c34)cc2-c2c1ccc1c(-c3ccc4c(c3)oc3ccccc34)cccc21. The van der Waals surface area contributed by atoms with Gasteiger partial charge in [-0.05, 0) is 109 Å². The largest absolute Gasteiger partial charge is 0.456 e. The van der Waals surface area contributed by atoms with Crippen LogP contribution in [0.5, 0.6) is 0 Å². The summed E-state index contributed by atoms with van der Waals surface area (Å²) >= 11 is 0. The van der Waals surface area contributed by atoms with Crippen molar-refractivity contribution in [2.45, 2.75) is 19.3 Å². The molecule has 1 aliphatic rings. The van der Waals surface area contributed by atoms with E-state index in [4.69, 9.17) is 8.83 Å². The first-order valence-electron chi connectivity index (χ1n) is 17.0. The van der Waals surface area contributed by atoms with Gasteiger partial charge in [-0.15, -0.1) is 0 Å². The van der Waals surface area contributed by atoms with E-state index in [0.29, 0.717) is 0 Å². The lowest BCUT2D eigenvalue weighted by Crippen LogP contribution is -2.14. The van der Waals surface area contributed by atoms with Gasteiger partial charge in [0.05, 0.1) is 0 Å². The molecule has 0 unspecified atom stereocenters. The topological polar surface area (TPSA) is 26.3 Å². The molecule has 0 N–H and O–H groups in total. The lowest BCUT2D eigenvalue weighted by molar-refractivity contribution is 0.661. The molecule has 11 rings (SSSR count). The molecule has 0 saturated heterocycles. The first-order valence-corrected chi connectivity index (χ1v) is 17.0. The van der Waals surface area contributed by atoms with Crippen LogP contribution in [0.25, 0.3) is 98.8 Å². The minimum atomic E-state index is -0.117. The smallest absolute Gasteiger partial charge is 0.136 e. The Morgan fingerprint density at radius 1 is 0.388 bits per heavy atom. The molecule has 8 aromatic carbocycles. The Morgan fingerprint density at radius 3 is 1.94 bits per heavy atom. The van der Waals surface area contributed by atoms with Crippen LogP contribution in [0.2, 0.25) is 0 Å². The highest BCUT2D eigenvalue weighted by atomic mass is 16.3. The molecular formula is C47H30O2. The monoisotopic (exact) mass is 626 g/mol. The van der Waals surface area contributed by atoms with Gasteiger partial charge in [0.2, 0.25) is 0 Å². The first kappa shape index (κ1) is 26.9. The van der Waals surface area contributed by atoms with E-state index in [0.717, 1.165) is 44.1 Å². The van der Waals surface area contributed by atoms with Gasteiger partial charge in [0.15, 0.2) is 0 Å². The van der Waals surface area contributed by atoms with Crippen molar-refractivity contribution in [3.8, 4) is 33.4 Å². The van der Waals surface area contributed by atoms with E-state index >= 15 is 0 Å². The van der Waals surface area contributed by atoms with Crippen molar-refractivity contribution in [1.29, 1.82) is 0 Å². The van der Waals surface area contributed by atoms with Gasteiger partial charge in [-0.1, -0.05) is 117 Å². The Bertz CT molecular complexity index is 3020. The van der Waals surface area contributed by atoms with E-state index in [2.05, 4.69) is 147 Å². The van der Waals surface area contributed by atoms with Crippen molar-refractivity contribution >= 4 is 65.4 Å². The van der Waals surface area contributed by atoms with Crippen LogP contribution in [0.3, 0.4) is 0 Å². The molecule has 0 fully saturated rings. The average molecular weight is 627 g/mol. The second-order valence-corrected chi connectivity index (χ2v) is 14.1. The summed E-state index contributed by atoms with van der Waals surface area (Å²) in [6.45, 7) is 4.72. The van der Waals surface area contributed by atoms with Gasteiger partial charge in [-0.3, -0.25) is 0 Å². The van der Waals surface area contributed by atoms with E-state index in [1.165, 1.54) is 65.9 Å². The summed E-state index contributed by atoms with van der Waals surface area (Å²) in [6, 6.07) is 52.8. The molecule has 0 radical (unpaired) electrons. The minimum Gasteiger partial charge on any atom is -0.456 e. The summed E-state index contributed by atoms with van der Waals surface area (Å²) in [5.74, 6) is 0. The number of rotatable bonds is 2. The van der Waals surface area contributed by atoms with Gasteiger partial charge < -0.3 is 8.83 Å². The van der Waals surface area contributed by atoms with Crippen LogP contribution in [0.15, 0.2) is 154 Å². The van der Waals surface area contributed by atoms with Crippen LogP contribution < -0.4 is 0 Å². The maximum absolute atomic E-state index is 6.45. The van der Waals surface area contributed by atoms with Gasteiger partial charge in [-0.2, -0.15) is 0 Å². The number of para-hydroxylation sites is 1. The molecule has 0 amide bonds. The lowest BCUT2D eigenvalue weighted by Gasteiger charge is -2.22. The number of fused-ring (bicyclic) bond motifs is 12. The van der Waals surface area contributed by atoms with Crippen molar-refractivity contribution in [3.63, 3.8) is 0 Å². The van der Waals surface area contributed by atoms with E-state index in [9.17, 15) is 0 Å². The Morgan fingerprint density at radius 2 is 1.02 bits per heavy atom. The maximum atomic E-state index is 6.45. The van der Waals surface area contributed by atoms with Gasteiger partial charge in [0.1, 0.15) is 22.3 Å². The lowest BCUT2D eigenvalue weighted by atomic mass is 9.81. The molecule has 2 aromatic heterocycles. The maximum Gasteiger partial charge on any atom is 0.136 e. The normalized spacial score (nSPS) is 13.7. The number of hydrogen-bond acceptors (Lipinski definition) is 2. The van der Waals surface area contributed by atoms with E-state index in [1.807, 2.05) is 12.1 Å². The Hall–Kier alpha value is -6.12. The predicted molar refractivity (Wildman–Crippen MR) is 204 cm³/mol. The molecule has 2 heteroatoms. The highest BCUT2D eigenvalue weighted by molar-refractivity contribution is 6.16. The van der Waals surface area contributed by atoms with Crippen molar-refractivity contribution in [3.05, 3.63) is 157 Å². The average Bonchev–Trinajstić information content (AvgIpc) is 3.77. The molecule has 0 atom stereocenters. The standard InChI is InChI=1S/C47H30O2/c1-47(2)39-21-18-29(32-13-8-16-42-46(32)38-23-27-9-3-4-10-28(27)25-44(38)49-42)24-37(39)45-36-14-7-12-31(33(36)20-22-40(45)47)30-17-19-35-34-11-5-6-15-41(34)48-43(35)26-30/h3-26H,1-2H3. The predicted octanol–water partition coefficient (Wildman–Crippen LogP) is 13.4. The molecule has 0 saturated carbocycles. The fraction of sp³-hybridized carbons (Fsp3) is 0.0638. The van der Waals surface area contributed by atoms with Crippen LogP contribution in [0, 0.1) is 0 Å². The van der Waals surface area contributed by atoms with Crippen molar-refractivity contribution < 1.29 is 8.83 Å². The molecule has 49 heavy (non-hydrogen) atoms. The summed E-state index contributed by atoms with van der Waals surface area (Å²) in [5.41, 5.74) is 13.7. The zero-order chi connectivity index (χ0) is 32.4. The van der Waals surface area contributed by atoms with Gasteiger partial charge in [-0.25, -0.2) is 0 Å². The summed E-state index contributed by atoms with van der Waals surface area (Å²) in [6.07, 6.45) is 0. The highest BCUT2D eigenvalue weighted by Gasteiger charge is 2.37. The Kier molecular flexibility index (Phi) is 5.21. The zero-order valence-corrected chi connectivity index (χ0v) is 27.2. The second kappa shape index (κ2) is 9.49. The highest BCUT2D eigenvalue weighted by Crippen LogP contribution is 2.53. The van der Waals surface area contributed by atoms with E-state index in [1.54, 1.807) is 0 Å². The molecule has 2 nitrogen and oxygen atoms in total. The number of benzene rings is 8. The Labute approximate surface area is 282 Å². The van der Waals surface area contributed by atoms with Gasteiger partial charge in [0.25, 0.3) is 0 Å². The van der Waals surface area contributed by atoms with Crippen LogP contribution in [0.1, 0.15) is 25.0 Å². The van der Waals surface area contributed by atoms with Gasteiger partial charge in [0, 0.05) is 27.0 Å². The van der Waals surface area contributed by atoms with Crippen molar-refractivity contribution in [2.75, 3.05) is 0 Å². The summed E-state index contributed by atoms with van der Waals surface area (Å²) in [5, 5.41) is 9.57. The summed E-state index contributed by atoms with van der Waals surface area (Å²) in [7, 11) is 0. The molecule has 1 aliphatic carbocycles. The van der Waals surface area contributed by atoms with Crippen molar-refractivity contribution in [1.82, 2.24) is 0 Å². The number of hydrogen-bond donors (Lipinski definition) is 0. The first-order chi connectivity index (χ1) is 24.0. The van der Waals surface area contributed by atoms with Crippen LogP contribution in [0.4, 0.5) is 0 Å². The molecule has 0 bridgehead atoms. The summed E-state index contributed by atoms with van der Waals surface area (Å²) < 4.78 is 12.8. The fourth-order valence-electron chi connectivity index (χ4n) is 8.67. The van der Waals surface area contributed by atoms with Gasteiger partial charge >= 0.3 is 0 Å². The number of furan rings is 2. The molecular weight excluding hydrogens is 597 g/mol. The zero-order valence-electron chi connectivity index (χ0n) is 27.2. The van der Waals surface area contributed by atoms with Crippen molar-refractivity contribution in [2.24, 2.45) is 0 Å². The van der Waals surface area contributed by atoms with Crippen LogP contribution in [-0.4, -0.2) is 0 Å². The van der Waals surface area contributed by atoms with Crippen LogP contribution >= 0.6 is 0 Å². The second-order valence-electron chi connectivity index (χ2n) is 14.1.